The van der Waals surface area contributed by atoms with Gasteiger partial charge in [0.05, 0.1) is 26.3 Å². The molecule has 1 N–H and O–H groups in total. The number of likely N-dealkylation sites (tertiary alicyclic amines) is 1. The summed E-state index contributed by atoms with van der Waals surface area (Å²) in [5.74, 6) is 1.74. The maximum atomic E-state index is 5.60. The summed E-state index contributed by atoms with van der Waals surface area (Å²) in [6.45, 7) is 2.04. The summed E-state index contributed by atoms with van der Waals surface area (Å²) < 4.78 is 15.9. The molecule has 0 amide bonds. The number of aryl methyl sites for hydroxylation is 1. The SMILES string of the molecule is COc1ccc([C@@H]2CCC[NH+]2Cn2ccn(C)c2=S)c(OC)c1. The number of ether oxygens (including phenoxy) is 2. The van der Waals surface area contributed by atoms with Crippen LogP contribution in [0.2, 0.25) is 0 Å². The van der Waals surface area contributed by atoms with Crippen molar-refractivity contribution in [1.29, 1.82) is 0 Å². The van der Waals surface area contributed by atoms with Crippen molar-refractivity contribution in [2.45, 2.75) is 25.6 Å². The molecule has 1 aromatic heterocycles. The van der Waals surface area contributed by atoms with Gasteiger partial charge in [0.1, 0.15) is 17.5 Å². The van der Waals surface area contributed by atoms with E-state index in [0.29, 0.717) is 6.04 Å². The van der Waals surface area contributed by atoms with Crippen LogP contribution in [-0.4, -0.2) is 29.9 Å². The third kappa shape index (κ3) is 3.14. The predicted molar refractivity (Wildman–Crippen MR) is 91.6 cm³/mol. The smallest absolute Gasteiger partial charge is 0.183 e. The average molecular weight is 334 g/mol. The second-order valence-electron chi connectivity index (χ2n) is 6.03. The molecule has 2 aromatic rings. The molecule has 0 spiro atoms. The van der Waals surface area contributed by atoms with Crippen LogP contribution in [-0.2, 0) is 13.7 Å². The Balaban J connectivity index is 1.87. The van der Waals surface area contributed by atoms with E-state index in [0.717, 1.165) is 35.9 Å². The molecule has 2 heterocycles. The molecular weight excluding hydrogens is 310 g/mol. The van der Waals surface area contributed by atoms with Gasteiger partial charge in [-0.2, -0.15) is 0 Å². The Morgan fingerprint density at radius 3 is 2.74 bits per heavy atom. The number of methoxy groups -OCH3 is 2. The Hall–Kier alpha value is -1.79. The van der Waals surface area contributed by atoms with Gasteiger partial charge in [0.15, 0.2) is 11.4 Å². The molecule has 1 saturated heterocycles. The molecule has 6 heteroatoms. The van der Waals surface area contributed by atoms with E-state index in [1.165, 1.54) is 16.9 Å². The normalized spacial score (nSPS) is 20.7. The van der Waals surface area contributed by atoms with Gasteiger partial charge in [-0.1, -0.05) is 0 Å². The van der Waals surface area contributed by atoms with Crippen molar-refractivity contribution in [3.05, 3.63) is 40.9 Å². The van der Waals surface area contributed by atoms with Crippen molar-refractivity contribution in [3.63, 3.8) is 0 Å². The predicted octanol–water partition coefficient (Wildman–Crippen LogP) is 1.95. The summed E-state index contributed by atoms with van der Waals surface area (Å²) >= 11 is 5.47. The van der Waals surface area contributed by atoms with E-state index in [1.807, 2.05) is 29.9 Å². The number of nitrogens with one attached hydrogen (secondary N) is 1. The minimum Gasteiger partial charge on any atom is -0.497 e. The number of benzene rings is 1. The van der Waals surface area contributed by atoms with Gasteiger partial charge in [-0.25, -0.2) is 0 Å². The first-order valence-electron chi connectivity index (χ1n) is 7.92. The monoisotopic (exact) mass is 334 g/mol. The van der Waals surface area contributed by atoms with Gasteiger partial charge in [-0.05, 0) is 24.4 Å². The number of imidazole rings is 1. The first kappa shape index (κ1) is 16.1. The van der Waals surface area contributed by atoms with Crippen LogP contribution in [0.1, 0.15) is 24.4 Å². The van der Waals surface area contributed by atoms with E-state index < -0.39 is 0 Å². The molecule has 3 rings (SSSR count). The Labute approximate surface area is 142 Å². The Bertz CT molecular complexity index is 738. The molecule has 124 valence electrons. The first-order valence-corrected chi connectivity index (χ1v) is 8.33. The average Bonchev–Trinajstić information content (AvgIpc) is 3.16. The van der Waals surface area contributed by atoms with E-state index in [2.05, 4.69) is 16.8 Å². The van der Waals surface area contributed by atoms with Crippen molar-refractivity contribution in [1.82, 2.24) is 9.13 Å². The summed E-state index contributed by atoms with van der Waals surface area (Å²) in [7, 11) is 5.39. The molecule has 1 aliphatic rings. The lowest BCUT2D eigenvalue weighted by molar-refractivity contribution is -0.940. The summed E-state index contributed by atoms with van der Waals surface area (Å²) in [6.07, 6.45) is 6.46. The minimum absolute atomic E-state index is 0.429. The molecule has 5 nitrogen and oxygen atoms in total. The topological polar surface area (TPSA) is 32.8 Å². The highest BCUT2D eigenvalue weighted by molar-refractivity contribution is 7.71. The Morgan fingerprint density at radius 2 is 2.09 bits per heavy atom. The lowest BCUT2D eigenvalue weighted by atomic mass is 10.0. The molecule has 0 radical (unpaired) electrons. The quantitative estimate of drug-likeness (QED) is 0.849. The van der Waals surface area contributed by atoms with E-state index in [1.54, 1.807) is 14.2 Å². The van der Waals surface area contributed by atoms with Crippen molar-refractivity contribution < 1.29 is 14.4 Å². The fourth-order valence-electron chi connectivity index (χ4n) is 3.43. The molecule has 0 aliphatic carbocycles. The number of aromatic nitrogens is 2. The van der Waals surface area contributed by atoms with Crippen LogP contribution in [0.5, 0.6) is 11.5 Å². The molecule has 23 heavy (non-hydrogen) atoms. The van der Waals surface area contributed by atoms with Gasteiger partial charge in [0.2, 0.25) is 0 Å². The second kappa shape index (κ2) is 6.76. The van der Waals surface area contributed by atoms with Crippen LogP contribution in [0, 0.1) is 4.77 Å². The third-order valence-corrected chi connectivity index (χ3v) is 5.21. The number of hydrogen-bond donors (Lipinski definition) is 1. The van der Waals surface area contributed by atoms with Gasteiger partial charge < -0.3 is 18.9 Å². The fraction of sp³-hybridized carbons (Fsp3) is 0.471. The zero-order chi connectivity index (χ0) is 16.4. The van der Waals surface area contributed by atoms with Gasteiger partial charge in [-0.3, -0.25) is 4.57 Å². The Kier molecular flexibility index (Phi) is 4.73. The summed E-state index contributed by atoms with van der Waals surface area (Å²) in [5.41, 5.74) is 1.25. The maximum absolute atomic E-state index is 5.60. The lowest BCUT2D eigenvalue weighted by Crippen LogP contribution is -3.09. The summed E-state index contributed by atoms with van der Waals surface area (Å²) in [6, 6.07) is 6.55. The van der Waals surface area contributed by atoms with Crippen LogP contribution < -0.4 is 14.4 Å². The molecule has 1 unspecified atom stereocenters. The van der Waals surface area contributed by atoms with Crippen LogP contribution in [0.25, 0.3) is 0 Å². The zero-order valence-corrected chi connectivity index (χ0v) is 14.7. The fourth-order valence-corrected chi connectivity index (χ4v) is 3.62. The molecule has 0 saturated carbocycles. The highest BCUT2D eigenvalue weighted by Gasteiger charge is 2.32. The van der Waals surface area contributed by atoms with E-state index in [9.17, 15) is 0 Å². The van der Waals surface area contributed by atoms with Crippen molar-refractivity contribution in [2.24, 2.45) is 7.05 Å². The Morgan fingerprint density at radius 1 is 1.26 bits per heavy atom. The van der Waals surface area contributed by atoms with E-state index in [-0.39, 0.29) is 0 Å². The van der Waals surface area contributed by atoms with Crippen molar-refractivity contribution in [3.8, 4) is 11.5 Å². The maximum Gasteiger partial charge on any atom is 0.183 e. The van der Waals surface area contributed by atoms with Gasteiger partial charge in [0, 0.05) is 38.3 Å². The highest BCUT2D eigenvalue weighted by atomic mass is 32.1. The molecule has 0 bridgehead atoms. The summed E-state index contributed by atoms with van der Waals surface area (Å²) in [4.78, 5) is 1.52. The number of rotatable bonds is 5. The van der Waals surface area contributed by atoms with Gasteiger partial charge in [0.25, 0.3) is 0 Å². The molecule has 1 aromatic carbocycles. The first-order chi connectivity index (χ1) is 11.1. The van der Waals surface area contributed by atoms with E-state index in [4.69, 9.17) is 21.7 Å². The lowest BCUT2D eigenvalue weighted by Gasteiger charge is -2.23. The zero-order valence-electron chi connectivity index (χ0n) is 13.9. The standard InChI is InChI=1S/C17H23N3O2S/c1-18-9-10-20(17(18)23)12-19-8-4-5-15(19)14-7-6-13(21-2)11-16(14)22-3/h6-7,9-11,15H,4-5,8,12H2,1-3H3/p+1/t15-/m0/s1. The largest absolute Gasteiger partial charge is 0.497 e. The van der Waals surface area contributed by atoms with Crippen LogP contribution in [0.3, 0.4) is 0 Å². The molecule has 1 aliphatic heterocycles. The number of hydrogen-bond acceptors (Lipinski definition) is 3. The molecule has 1 fully saturated rings. The van der Waals surface area contributed by atoms with Crippen molar-refractivity contribution >= 4 is 12.2 Å². The number of quaternary nitrogens is 1. The summed E-state index contributed by atoms with van der Waals surface area (Å²) in [5, 5.41) is 0. The second-order valence-corrected chi connectivity index (χ2v) is 6.40. The third-order valence-electron chi connectivity index (χ3n) is 4.69. The van der Waals surface area contributed by atoms with E-state index >= 15 is 0 Å². The molecular formula is C17H24N3O2S+. The highest BCUT2D eigenvalue weighted by Crippen LogP contribution is 2.31. The van der Waals surface area contributed by atoms with Crippen LogP contribution in [0.4, 0.5) is 0 Å². The van der Waals surface area contributed by atoms with Gasteiger partial charge in [-0.15, -0.1) is 0 Å². The van der Waals surface area contributed by atoms with Gasteiger partial charge >= 0.3 is 0 Å². The van der Waals surface area contributed by atoms with Crippen LogP contribution >= 0.6 is 12.2 Å². The number of nitrogens with zero attached hydrogens (tertiary/aromatic N) is 2. The van der Waals surface area contributed by atoms with Crippen LogP contribution in [0.15, 0.2) is 30.6 Å². The molecule has 2 atom stereocenters. The van der Waals surface area contributed by atoms with Crippen molar-refractivity contribution in [2.75, 3.05) is 20.8 Å². The minimum atomic E-state index is 0.429.